The molecule has 0 spiro atoms. The predicted octanol–water partition coefficient (Wildman–Crippen LogP) is 2.89. The Bertz CT molecular complexity index is 643. The Balaban J connectivity index is 2.37. The highest BCUT2D eigenvalue weighted by Crippen LogP contribution is 2.29. The van der Waals surface area contributed by atoms with Gasteiger partial charge in [-0.15, -0.1) is 0 Å². The second kappa shape index (κ2) is 5.61. The molecule has 0 aromatic heterocycles. The first-order chi connectivity index (χ1) is 9.52. The number of hydrogen-bond acceptors (Lipinski definition) is 3. The van der Waals surface area contributed by atoms with Crippen molar-refractivity contribution in [2.75, 3.05) is 19.1 Å². The number of nitrogens with one attached hydrogen (secondary N) is 1. The zero-order chi connectivity index (χ0) is 14.7. The van der Waals surface area contributed by atoms with E-state index in [2.05, 4.69) is 0 Å². The lowest BCUT2D eigenvalue weighted by Crippen LogP contribution is -2.14. The lowest BCUT2D eigenvalue weighted by molar-refractivity contribution is 0.415. The van der Waals surface area contributed by atoms with Gasteiger partial charge in [-0.1, -0.05) is 6.07 Å². The Morgan fingerprint density at radius 1 is 1.25 bits per heavy atom. The van der Waals surface area contributed by atoms with Crippen LogP contribution in [0.25, 0.3) is 0 Å². The van der Waals surface area contributed by atoms with Gasteiger partial charge in [-0.3, -0.25) is 5.41 Å². The minimum atomic E-state index is -0.428. The Morgan fingerprint density at radius 2 is 2.00 bits per heavy atom. The number of anilines is 2. The highest BCUT2D eigenvalue weighted by Gasteiger charge is 2.11. The van der Waals surface area contributed by atoms with Crippen molar-refractivity contribution in [2.45, 2.75) is 0 Å². The molecule has 0 atom stereocenters. The summed E-state index contributed by atoms with van der Waals surface area (Å²) in [5.74, 6) is 0.123. The molecule has 2 aromatic rings. The lowest BCUT2D eigenvalue weighted by Gasteiger charge is -2.21. The Morgan fingerprint density at radius 3 is 2.60 bits per heavy atom. The number of methoxy groups -OCH3 is 1. The number of nitrogen functional groups attached to an aromatic ring is 1. The van der Waals surface area contributed by atoms with Gasteiger partial charge in [0.15, 0.2) is 0 Å². The average Bonchev–Trinajstić information content (AvgIpc) is 2.46. The fourth-order valence-corrected chi connectivity index (χ4v) is 1.90. The van der Waals surface area contributed by atoms with E-state index in [0.717, 1.165) is 5.69 Å². The summed E-state index contributed by atoms with van der Waals surface area (Å²) in [4.78, 5) is 1.71. The smallest absolute Gasteiger partial charge is 0.147 e. The van der Waals surface area contributed by atoms with Gasteiger partial charge in [-0.05, 0) is 30.3 Å². The Hall–Kier alpha value is -2.56. The first-order valence-corrected chi connectivity index (χ1v) is 6.04. The first-order valence-electron chi connectivity index (χ1n) is 6.04. The van der Waals surface area contributed by atoms with Crippen LogP contribution in [0.3, 0.4) is 0 Å². The monoisotopic (exact) mass is 273 g/mol. The van der Waals surface area contributed by atoms with Crippen LogP contribution in [0.1, 0.15) is 5.56 Å². The molecule has 0 aliphatic heterocycles. The zero-order valence-corrected chi connectivity index (χ0v) is 11.4. The van der Waals surface area contributed by atoms with E-state index in [1.54, 1.807) is 31.2 Å². The van der Waals surface area contributed by atoms with Gasteiger partial charge in [-0.25, -0.2) is 4.39 Å². The number of benzene rings is 2. The molecule has 0 unspecified atom stereocenters. The summed E-state index contributed by atoms with van der Waals surface area (Å²) in [7, 11) is 3.35. The third kappa shape index (κ3) is 2.71. The van der Waals surface area contributed by atoms with Crippen LogP contribution in [0.15, 0.2) is 42.5 Å². The van der Waals surface area contributed by atoms with Crippen LogP contribution in [0.5, 0.6) is 5.75 Å². The van der Waals surface area contributed by atoms with Crippen LogP contribution in [0, 0.1) is 11.2 Å². The third-order valence-electron chi connectivity index (χ3n) is 3.06. The maximum absolute atomic E-state index is 14.1. The SMILES string of the molecule is COc1cccc(N(C)c2ccc(C(=N)N)cc2F)c1. The van der Waals surface area contributed by atoms with Crippen molar-refractivity contribution in [3.05, 3.63) is 53.8 Å². The maximum atomic E-state index is 14.1. The zero-order valence-electron chi connectivity index (χ0n) is 11.4. The molecule has 3 N–H and O–H groups in total. The Labute approximate surface area is 117 Å². The highest BCUT2D eigenvalue weighted by atomic mass is 19.1. The van der Waals surface area contributed by atoms with Crippen molar-refractivity contribution in [3.63, 3.8) is 0 Å². The summed E-state index contributed by atoms with van der Waals surface area (Å²) in [6.07, 6.45) is 0. The minimum Gasteiger partial charge on any atom is -0.497 e. The minimum absolute atomic E-state index is 0.153. The number of nitrogens with two attached hydrogens (primary N) is 1. The molecule has 0 fully saturated rings. The summed E-state index contributed by atoms with van der Waals surface area (Å²) in [5.41, 5.74) is 6.92. The van der Waals surface area contributed by atoms with Gasteiger partial charge >= 0.3 is 0 Å². The van der Waals surface area contributed by atoms with Crippen LogP contribution < -0.4 is 15.4 Å². The molecule has 2 aromatic carbocycles. The standard InChI is InChI=1S/C15H16FN3O/c1-19(11-4-3-5-12(9-11)20-2)14-7-6-10(15(17)18)8-13(14)16/h3-9H,1-2H3,(H3,17,18). The van der Waals surface area contributed by atoms with E-state index in [1.165, 1.54) is 6.07 Å². The fraction of sp³-hybridized carbons (Fsp3) is 0.133. The van der Waals surface area contributed by atoms with Crippen molar-refractivity contribution in [2.24, 2.45) is 5.73 Å². The van der Waals surface area contributed by atoms with Crippen molar-refractivity contribution >= 4 is 17.2 Å². The quantitative estimate of drug-likeness (QED) is 0.665. The number of amidine groups is 1. The van der Waals surface area contributed by atoms with E-state index in [9.17, 15) is 4.39 Å². The number of halogens is 1. The predicted molar refractivity (Wildman–Crippen MR) is 78.5 cm³/mol. The van der Waals surface area contributed by atoms with E-state index in [4.69, 9.17) is 15.9 Å². The van der Waals surface area contributed by atoms with E-state index in [-0.39, 0.29) is 5.84 Å². The van der Waals surface area contributed by atoms with Crippen LogP contribution in [0.4, 0.5) is 15.8 Å². The van der Waals surface area contributed by atoms with E-state index < -0.39 is 5.82 Å². The summed E-state index contributed by atoms with van der Waals surface area (Å²) < 4.78 is 19.3. The molecular formula is C15H16FN3O. The molecule has 2 rings (SSSR count). The highest BCUT2D eigenvalue weighted by molar-refractivity contribution is 5.95. The largest absolute Gasteiger partial charge is 0.497 e. The normalized spacial score (nSPS) is 10.2. The van der Waals surface area contributed by atoms with Gasteiger partial charge in [0, 0.05) is 24.4 Å². The second-order valence-corrected chi connectivity index (χ2v) is 4.34. The van der Waals surface area contributed by atoms with Crippen molar-refractivity contribution in [1.82, 2.24) is 0 Å². The molecule has 0 aliphatic carbocycles. The number of ether oxygens (including phenoxy) is 1. The summed E-state index contributed by atoms with van der Waals surface area (Å²) >= 11 is 0. The Kier molecular flexibility index (Phi) is 3.89. The molecule has 0 amide bonds. The molecule has 0 bridgehead atoms. The molecule has 0 heterocycles. The fourth-order valence-electron chi connectivity index (χ4n) is 1.90. The molecule has 4 nitrogen and oxygen atoms in total. The van der Waals surface area contributed by atoms with E-state index >= 15 is 0 Å². The average molecular weight is 273 g/mol. The molecule has 5 heteroatoms. The molecule has 0 saturated carbocycles. The number of hydrogen-bond donors (Lipinski definition) is 2. The van der Waals surface area contributed by atoms with Crippen molar-refractivity contribution in [3.8, 4) is 5.75 Å². The first kappa shape index (κ1) is 13.9. The lowest BCUT2D eigenvalue weighted by atomic mass is 10.1. The van der Waals surface area contributed by atoms with Gasteiger partial charge in [0.05, 0.1) is 12.8 Å². The topological polar surface area (TPSA) is 62.3 Å². The van der Waals surface area contributed by atoms with Crippen LogP contribution in [0.2, 0.25) is 0 Å². The van der Waals surface area contributed by atoms with Gasteiger partial charge in [0.1, 0.15) is 17.4 Å². The summed E-state index contributed by atoms with van der Waals surface area (Å²) in [6.45, 7) is 0. The van der Waals surface area contributed by atoms with Crippen molar-refractivity contribution in [1.29, 1.82) is 5.41 Å². The molecule has 20 heavy (non-hydrogen) atoms. The maximum Gasteiger partial charge on any atom is 0.147 e. The number of nitrogens with zero attached hydrogens (tertiary/aromatic N) is 1. The molecular weight excluding hydrogens is 257 g/mol. The third-order valence-corrected chi connectivity index (χ3v) is 3.06. The van der Waals surface area contributed by atoms with Crippen LogP contribution in [-0.2, 0) is 0 Å². The summed E-state index contributed by atoms with van der Waals surface area (Å²) in [5, 5.41) is 7.31. The van der Waals surface area contributed by atoms with E-state index in [1.807, 2.05) is 24.3 Å². The molecule has 0 saturated heterocycles. The van der Waals surface area contributed by atoms with Crippen LogP contribution >= 0.6 is 0 Å². The van der Waals surface area contributed by atoms with Gasteiger partial charge in [-0.2, -0.15) is 0 Å². The van der Waals surface area contributed by atoms with Gasteiger partial charge in [0.2, 0.25) is 0 Å². The molecule has 0 radical (unpaired) electrons. The van der Waals surface area contributed by atoms with E-state index in [0.29, 0.717) is 17.0 Å². The van der Waals surface area contributed by atoms with Gasteiger partial charge < -0.3 is 15.4 Å². The number of rotatable bonds is 4. The van der Waals surface area contributed by atoms with Crippen molar-refractivity contribution < 1.29 is 9.13 Å². The van der Waals surface area contributed by atoms with Gasteiger partial charge in [0.25, 0.3) is 0 Å². The second-order valence-electron chi connectivity index (χ2n) is 4.34. The molecule has 0 aliphatic rings. The van der Waals surface area contributed by atoms with Crippen LogP contribution in [-0.4, -0.2) is 20.0 Å². The molecule has 104 valence electrons. The summed E-state index contributed by atoms with van der Waals surface area (Å²) in [6, 6.07) is 11.8.